The molecule has 1 aliphatic heterocycles. The molecule has 0 saturated carbocycles. The Hall–Kier alpha value is -4.01. The highest BCUT2D eigenvalue weighted by atomic mass is 32.1. The quantitative estimate of drug-likeness (QED) is 0.308. The van der Waals surface area contributed by atoms with Crippen molar-refractivity contribution in [2.45, 2.75) is 32.9 Å². The van der Waals surface area contributed by atoms with E-state index in [-0.39, 0.29) is 24.6 Å². The van der Waals surface area contributed by atoms with Crippen LogP contribution in [0.3, 0.4) is 0 Å². The summed E-state index contributed by atoms with van der Waals surface area (Å²) in [6.45, 7) is 6.39. The highest BCUT2D eigenvalue weighted by Gasteiger charge is 2.42. The Morgan fingerprint density at radius 2 is 1.74 bits per heavy atom. The van der Waals surface area contributed by atoms with E-state index < -0.39 is 0 Å². The van der Waals surface area contributed by atoms with Gasteiger partial charge < -0.3 is 24.8 Å². The van der Waals surface area contributed by atoms with Crippen molar-refractivity contribution in [3.63, 3.8) is 0 Å². The van der Waals surface area contributed by atoms with Gasteiger partial charge in [-0.2, -0.15) is 0 Å². The van der Waals surface area contributed by atoms with Crippen molar-refractivity contribution in [3.05, 3.63) is 107 Å². The summed E-state index contributed by atoms with van der Waals surface area (Å²) in [4.78, 5) is 18.8. The van der Waals surface area contributed by atoms with Crippen molar-refractivity contribution < 1.29 is 9.53 Å². The SMILES string of the molecule is COCC(=O)Nc1ccc(N2C(=S)N[C@H](c3ccccn3)[C@H]2c2cc(C)n(-c3ccc(C)cc3)c2C)cc1. The van der Waals surface area contributed by atoms with E-state index in [0.717, 1.165) is 28.5 Å². The average molecular weight is 526 g/mol. The molecule has 194 valence electrons. The van der Waals surface area contributed by atoms with Gasteiger partial charge in [-0.05, 0) is 93.1 Å². The number of benzene rings is 2. The molecule has 3 heterocycles. The number of thiocarbonyl (C=S) groups is 1. The van der Waals surface area contributed by atoms with E-state index in [2.05, 4.69) is 76.2 Å². The number of pyridine rings is 1. The van der Waals surface area contributed by atoms with Gasteiger partial charge in [0.1, 0.15) is 6.61 Å². The molecule has 4 aromatic rings. The fourth-order valence-electron chi connectivity index (χ4n) is 5.16. The molecule has 7 nitrogen and oxygen atoms in total. The number of aryl methyl sites for hydroxylation is 2. The number of rotatable bonds is 7. The summed E-state index contributed by atoms with van der Waals surface area (Å²) in [5.41, 5.74) is 8.37. The molecule has 38 heavy (non-hydrogen) atoms. The topological polar surface area (TPSA) is 71.4 Å². The van der Waals surface area contributed by atoms with Crippen molar-refractivity contribution in [1.82, 2.24) is 14.9 Å². The third-order valence-corrected chi connectivity index (χ3v) is 7.20. The van der Waals surface area contributed by atoms with Crippen LogP contribution < -0.4 is 15.5 Å². The number of hydrogen-bond donors (Lipinski definition) is 2. The second-order valence-corrected chi connectivity index (χ2v) is 9.91. The lowest BCUT2D eigenvalue weighted by molar-refractivity contribution is -0.119. The Morgan fingerprint density at radius 3 is 2.39 bits per heavy atom. The van der Waals surface area contributed by atoms with Crippen LogP contribution in [-0.2, 0) is 9.53 Å². The van der Waals surface area contributed by atoms with E-state index in [0.29, 0.717) is 10.8 Å². The van der Waals surface area contributed by atoms with Gasteiger partial charge in [0.15, 0.2) is 5.11 Å². The Kier molecular flexibility index (Phi) is 7.26. The minimum atomic E-state index is -0.199. The lowest BCUT2D eigenvalue weighted by Gasteiger charge is -2.28. The molecule has 0 aliphatic carbocycles. The predicted octanol–water partition coefficient (Wildman–Crippen LogP) is 5.56. The van der Waals surface area contributed by atoms with E-state index in [4.69, 9.17) is 17.0 Å². The van der Waals surface area contributed by atoms with E-state index >= 15 is 0 Å². The summed E-state index contributed by atoms with van der Waals surface area (Å²) in [6.07, 6.45) is 1.81. The Labute approximate surface area is 228 Å². The van der Waals surface area contributed by atoms with Gasteiger partial charge in [0.25, 0.3) is 0 Å². The van der Waals surface area contributed by atoms with Crippen molar-refractivity contribution >= 4 is 34.6 Å². The van der Waals surface area contributed by atoms with Crippen LogP contribution >= 0.6 is 12.2 Å². The molecule has 2 N–H and O–H groups in total. The van der Waals surface area contributed by atoms with Crippen LogP contribution in [0.15, 0.2) is 79.0 Å². The first-order valence-electron chi connectivity index (χ1n) is 12.5. The number of methoxy groups -OCH3 is 1. The normalized spacial score (nSPS) is 16.9. The van der Waals surface area contributed by atoms with Crippen LogP contribution in [0.1, 0.15) is 40.3 Å². The third-order valence-electron chi connectivity index (χ3n) is 6.88. The number of carbonyl (C=O) groups is 1. The number of amides is 1. The Balaban J connectivity index is 1.57. The van der Waals surface area contributed by atoms with Crippen molar-refractivity contribution in [2.24, 2.45) is 0 Å². The van der Waals surface area contributed by atoms with Crippen LogP contribution in [0, 0.1) is 20.8 Å². The molecule has 1 amide bonds. The smallest absolute Gasteiger partial charge is 0.250 e. The van der Waals surface area contributed by atoms with E-state index in [1.807, 2.05) is 48.7 Å². The van der Waals surface area contributed by atoms with Crippen LogP contribution in [0.5, 0.6) is 0 Å². The van der Waals surface area contributed by atoms with Crippen LogP contribution in [-0.4, -0.2) is 34.3 Å². The Morgan fingerprint density at radius 1 is 1.03 bits per heavy atom. The van der Waals surface area contributed by atoms with Gasteiger partial charge in [0.05, 0.1) is 17.8 Å². The van der Waals surface area contributed by atoms with Gasteiger partial charge in [-0.15, -0.1) is 0 Å². The van der Waals surface area contributed by atoms with Gasteiger partial charge in [0, 0.05) is 41.8 Å². The average Bonchev–Trinajstić information content (AvgIpc) is 3.41. The molecule has 2 atom stereocenters. The van der Waals surface area contributed by atoms with Gasteiger partial charge >= 0.3 is 0 Å². The zero-order valence-electron chi connectivity index (χ0n) is 21.9. The first-order chi connectivity index (χ1) is 18.4. The summed E-state index contributed by atoms with van der Waals surface area (Å²) in [5.74, 6) is -0.199. The largest absolute Gasteiger partial charge is 0.375 e. The maximum absolute atomic E-state index is 12.0. The van der Waals surface area contributed by atoms with Crippen molar-refractivity contribution in [2.75, 3.05) is 23.9 Å². The third kappa shape index (κ3) is 4.92. The second kappa shape index (κ2) is 10.8. The van der Waals surface area contributed by atoms with Crippen molar-refractivity contribution in [1.29, 1.82) is 0 Å². The lowest BCUT2D eigenvalue weighted by Crippen LogP contribution is -2.29. The summed E-state index contributed by atoms with van der Waals surface area (Å²) in [6, 6.07) is 24.2. The molecule has 1 aliphatic rings. The fraction of sp³-hybridized carbons (Fsp3) is 0.233. The zero-order valence-corrected chi connectivity index (χ0v) is 22.8. The maximum atomic E-state index is 12.0. The van der Waals surface area contributed by atoms with Gasteiger partial charge in [-0.25, -0.2) is 0 Å². The zero-order chi connectivity index (χ0) is 26.8. The molecule has 2 aromatic carbocycles. The molecule has 5 rings (SSSR count). The molecule has 0 bridgehead atoms. The van der Waals surface area contributed by atoms with Gasteiger partial charge in [0.2, 0.25) is 5.91 Å². The summed E-state index contributed by atoms with van der Waals surface area (Å²) in [5, 5.41) is 7.01. The number of ether oxygens (including phenoxy) is 1. The lowest BCUT2D eigenvalue weighted by atomic mass is 9.96. The summed E-state index contributed by atoms with van der Waals surface area (Å²) < 4.78 is 7.21. The van der Waals surface area contributed by atoms with Gasteiger partial charge in [-0.1, -0.05) is 23.8 Å². The first-order valence-corrected chi connectivity index (χ1v) is 12.9. The summed E-state index contributed by atoms with van der Waals surface area (Å²) >= 11 is 5.90. The van der Waals surface area contributed by atoms with Crippen molar-refractivity contribution in [3.8, 4) is 5.69 Å². The molecular weight excluding hydrogens is 494 g/mol. The second-order valence-electron chi connectivity index (χ2n) is 9.52. The first kappa shape index (κ1) is 25.6. The van der Waals surface area contributed by atoms with E-state index in [1.54, 1.807) is 0 Å². The molecule has 1 saturated heterocycles. The molecule has 2 aromatic heterocycles. The van der Waals surface area contributed by atoms with Gasteiger partial charge in [-0.3, -0.25) is 9.78 Å². The number of anilines is 2. The molecule has 1 fully saturated rings. The standard InChI is InChI=1S/C30H31N5O2S/c1-19-8-12-23(13-9-19)34-20(2)17-25(21(34)3)29-28(26-7-5-6-16-31-26)33-30(38)35(29)24-14-10-22(11-15-24)32-27(36)18-37-4/h5-17,28-29H,18H2,1-4H3,(H,32,36)(H,33,38)/t28-,29-/m1/s1. The monoisotopic (exact) mass is 525 g/mol. The van der Waals surface area contributed by atoms with E-state index in [9.17, 15) is 4.79 Å². The fourth-order valence-corrected chi connectivity index (χ4v) is 5.51. The van der Waals surface area contributed by atoms with Crippen LogP contribution in [0.25, 0.3) is 5.69 Å². The summed E-state index contributed by atoms with van der Waals surface area (Å²) in [7, 11) is 1.50. The number of nitrogens with one attached hydrogen (secondary N) is 2. The minimum Gasteiger partial charge on any atom is -0.375 e. The molecule has 0 spiro atoms. The molecule has 0 radical (unpaired) electrons. The number of nitrogens with zero attached hydrogens (tertiary/aromatic N) is 3. The number of carbonyl (C=O) groups excluding carboxylic acids is 1. The highest BCUT2D eigenvalue weighted by molar-refractivity contribution is 7.80. The number of hydrogen-bond acceptors (Lipinski definition) is 4. The highest BCUT2D eigenvalue weighted by Crippen LogP contribution is 2.43. The minimum absolute atomic E-state index is 0.00626. The van der Waals surface area contributed by atoms with Crippen LogP contribution in [0.2, 0.25) is 0 Å². The Bertz CT molecular complexity index is 1450. The number of aromatic nitrogens is 2. The van der Waals surface area contributed by atoms with Crippen LogP contribution in [0.4, 0.5) is 11.4 Å². The van der Waals surface area contributed by atoms with E-state index in [1.165, 1.54) is 18.2 Å². The molecular formula is C30H31N5O2S. The molecule has 8 heteroatoms. The molecule has 0 unspecified atom stereocenters. The maximum Gasteiger partial charge on any atom is 0.250 e. The predicted molar refractivity (Wildman–Crippen MR) is 155 cm³/mol.